The highest BCUT2D eigenvalue weighted by Crippen LogP contribution is 2.58. The molecule has 0 aliphatic carbocycles. The summed E-state index contributed by atoms with van der Waals surface area (Å²) in [5.41, 5.74) is 27.9. The molecule has 2 aliphatic rings. The molecule has 6 amide bonds. The SMILES string of the molecule is CCN(CC)C(=O)CN1C(=O)c2cc(Oc3ccc(CCN)cc3)c3c4c(Oc5ccc(CCN)cc5)cc5c6c(cc(Oc7ccc(CCN)cc7)c(c7c(Oc8ccc(CCN)cc8)cc(c2c37)C1=O)c64)C(=O)N(CC(=O)N(CC)CC)C5=O. The van der Waals surface area contributed by atoms with E-state index in [0.717, 1.165) is 32.1 Å². The van der Waals surface area contributed by atoms with E-state index in [9.17, 15) is 9.59 Å². The Morgan fingerprint density at radius 2 is 0.570 bits per heavy atom. The quantitative estimate of drug-likeness (QED) is 0.0250. The summed E-state index contributed by atoms with van der Waals surface area (Å²) in [7, 11) is 0. The molecule has 2 heterocycles. The summed E-state index contributed by atoms with van der Waals surface area (Å²) in [5, 5.41) is 2.29. The van der Waals surface area contributed by atoms with E-state index in [-0.39, 0.29) is 56.0 Å². The second kappa shape index (κ2) is 24.6. The van der Waals surface area contributed by atoms with Crippen LogP contribution in [0.4, 0.5) is 0 Å². The minimum atomic E-state index is -0.748. The van der Waals surface area contributed by atoms with Crippen molar-refractivity contribution in [1.29, 1.82) is 0 Å². The molecule has 8 N–H and O–H groups in total. The van der Waals surface area contributed by atoms with Crippen molar-refractivity contribution in [3.8, 4) is 46.0 Å². The van der Waals surface area contributed by atoms with Crippen LogP contribution in [0.5, 0.6) is 46.0 Å². The van der Waals surface area contributed by atoms with Crippen LogP contribution in [0.25, 0.3) is 43.1 Å². The molecule has 0 saturated carbocycles. The number of nitrogens with zero attached hydrogens (tertiary/aromatic N) is 4. The molecule has 86 heavy (non-hydrogen) atoms. The molecule has 0 spiro atoms. The molecule has 0 radical (unpaired) electrons. The zero-order chi connectivity index (χ0) is 60.5. The molecule has 0 aromatic heterocycles. The molecule has 0 unspecified atom stereocenters. The Morgan fingerprint density at radius 3 is 0.767 bits per heavy atom. The van der Waals surface area contributed by atoms with Crippen molar-refractivity contribution in [2.75, 3.05) is 65.4 Å². The zero-order valence-electron chi connectivity index (χ0n) is 48.6. The van der Waals surface area contributed by atoms with E-state index in [1.54, 1.807) is 82.6 Å². The third-order valence-corrected chi connectivity index (χ3v) is 16.2. The van der Waals surface area contributed by atoms with Gasteiger partial charge in [-0.15, -0.1) is 0 Å². The molecule has 18 heteroatoms. The van der Waals surface area contributed by atoms with Gasteiger partial charge in [0.15, 0.2) is 0 Å². The molecule has 440 valence electrons. The molecule has 11 rings (SSSR count). The first-order valence-corrected chi connectivity index (χ1v) is 29.3. The maximum Gasteiger partial charge on any atom is 0.262 e. The maximum atomic E-state index is 15.5. The van der Waals surface area contributed by atoms with E-state index in [4.69, 9.17) is 41.9 Å². The number of carbonyl (C=O) groups excluding carboxylic acids is 6. The lowest BCUT2D eigenvalue weighted by atomic mass is 9.80. The third-order valence-electron chi connectivity index (χ3n) is 16.2. The number of imide groups is 2. The van der Waals surface area contributed by atoms with Crippen molar-refractivity contribution < 1.29 is 47.7 Å². The van der Waals surface area contributed by atoms with Gasteiger partial charge in [0.05, 0.1) is 22.3 Å². The minimum Gasteiger partial charge on any atom is -0.457 e. The third kappa shape index (κ3) is 10.7. The first-order chi connectivity index (χ1) is 41.8. The topological polar surface area (TPSA) is 256 Å². The van der Waals surface area contributed by atoms with E-state index in [1.807, 2.05) is 76.2 Å². The van der Waals surface area contributed by atoms with Crippen molar-refractivity contribution in [1.82, 2.24) is 19.6 Å². The average molecular weight is 1160 g/mol. The van der Waals surface area contributed by atoms with Crippen LogP contribution < -0.4 is 41.9 Å². The standard InChI is InChI=1S/C68H68N8O10/c1-5-73(6-2)55(77)37-75-65(79)47-33-51(83-43-17-9-39(10-18-43)25-29-69)59-61-53(85-45-21-13-41(14-22-45)27-31-71)35-49-58-50(68(82)76(67(49)81)38-56(78)74(7-3)8-4)36-54(86-46-23-15-42(16-24-46)28-32-72)62(64(58)61)60-52(34-48(66(75)80)57(47)63(59)60)84-44-19-11-40(12-20-44)26-30-70/h9-24,33-36H,5-8,25-32,37-38,69-72H2,1-4H3. The molecule has 0 bridgehead atoms. The first-order valence-electron chi connectivity index (χ1n) is 29.3. The van der Waals surface area contributed by atoms with Gasteiger partial charge in [0.25, 0.3) is 23.6 Å². The summed E-state index contributed by atoms with van der Waals surface area (Å²) in [4.78, 5) is 95.1. The normalized spacial score (nSPS) is 13.0. The predicted octanol–water partition coefficient (Wildman–Crippen LogP) is 9.84. The van der Waals surface area contributed by atoms with Crippen molar-refractivity contribution in [3.05, 3.63) is 166 Å². The smallest absolute Gasteiger partial charge is 0.262 e. The lowest BCUT2D eigenvalue weighted by Crippen LogP contribution is -2.47. The molecule has 0 atom stereocenters. The molecule has 2 aliphatic heterocycles. The van der Waals surface area contributed by atoms with Crippen molar-refractivity contribution >= 4 is 78.5 Å². The summed E-state index contributed by atoms with van der Waals surface area (Å²) in [6.07, 6.45) is 2.38. The summed E-state index contributed by atoms with van der Waals surface area (Å²) in [6, 6.07) is 35.7. The second-order valence-electron chi connectivity index (χ2n) is 21.4. The van der Waals surface area contributed by atoms with Crippen LogP contribution in [-0.2, 0) is 35.3 Å². The Labute approximate surface area is 497 Å². The number of fused-ring (bicyclic) bond motifs is 2. The number of benzene rings is 9. The lowest BCUT2D eigenvalue weighted by molar-refractivity contribution is -0.131. The Kier molecular flexibility index (Phi) is 16.7. The molecule has 0 saturated heterocycles. The predicted molar refractivity (Wildman–Crippen MR) is 331 cm³/mol. The molecular formula is C68H68N8O10. The van der Waals surface area contributed by atoms with Crippen LogP contribution in [0.15, 0.2) is 121 Å². The Balaban J connectivity index is 1.33. The number of carbonyl (C=O) groups is 6. The fraction of sp³-hybridized carbons (Fsp3) is 0.265. The van der Waals surface area contributed by atoms with E-state index in [2.05, 4.69) is 0 Å². The summed E-state index contributed by atoms with van der Waals surface area (Å²) < 4.78 is 28.4. The van der Waals surface area contributed by atoms with Gasteiger partial charge in [-0.25, -0.2) is 0 Å². The van der Waals surface area contributed by atoms with Crippen LogP contribution in [0.3, 0.4) is 0 Å². The van der Waals surface area contributed by atoms with E-state index < -0.39 is 48.5 Å². The van der Waals surface area contributed by atoms with Crippen LogP contribution in [0.2, 0.25) is 0 Å². The fourth-order valence-electron chi connectivity index (χ4n) is 11.9. The highest BCUT2D eigenvalue weighted by molar-refractivity contribution is 6.45. The Hall–Kier alpha value is -9.46. The summed E-state index contributed by atoms with van der Waals surface area (Å²) >= 11 is 0. The Morgan fingerprint density at radius 1 is 0.349 bits per heavy atom. The van der Waals surface area contributed by atoms with Crippen molar-refractivity contribution in [2.24, 2.45) is 22.9 Å². The van der Waals surface area contributed by atoms with Gasteiger partial charge in [0.2, 0.25) is 11.8 Å². The summed E-state index contributed by atoms with van der Waals surface area (Å²) in [5.74, 6) is -1.97. The van der Waals surface area contributed by atoms with Gasteiger partial charge in [-0.2, -0.15) is 0 Å². The zero-order valence-corrected chi connectivity index (χ0v) is 48.6. The highest BCUT2D eigenvalue weighted by atomic mass is 16.5. The number of ether oxygens (including phenoxy) is 4. The van der Waals surface area contributed by atoms with E-state index in [1.165, 1.54) is 0 Å². The van der Waals surface area contributed by atoms with E-state index in [0.29, 0.717) is 133 Å². The molecule has 0 fully saturated rings. The molecule has 18 nitrogen and oxygen atoms in total. The number of nitrogens with two attached hydrogens (primary N) is 4. The fourth-order valence-corrected chi connectivity index (χ4v) is 11.9. The van der Waals surface area contributed by atoms with Crippen LogP contribution in [-0.4, -0.2) is 120 Å². The highest BCUT2D eigenvalue weighted by Gasteiger charge is 2.43. The van der Waals surface area contributed by atoms with Crippen LogP contribution in [0, 0.1) is 0 Å². The number of hydrogen-bond donors (Lipinski definition) is 4. The van der Waals surface area contributed by atoms with Gasteiger partial charge in [0.1, 0.15) is 59.1 Å². The van der Waals surface area contributed by atoms with Gasteiger partial charge in [-0.3, -0.25) is 38.6 Å². The van der Waals surface area contributed by atoms with Crippen LogP contribution >= 0.6 is 0 Å². The van der Waals surface area contributed by atoms with Gasteiger partial charge in [-0.1, -0.05) is 48.5 Å². The number of likely N-dealkylation sites (N-methyl/N-ethyl adjacent to an activating group) is 2. The van der Waals surface area contributed by atoms with Crippen molar-refractivity contribution in [3.63, 3.8) is 0 Å². The monoisotopic (exact) mass is 1160 g/mol. The molecule has 9 aromatic rings. The second-order valence-corrected chi connectivity index (χ2v) is 21.4. The number of rotatable bonds is 24. The van der Waals surface area contributed by atoms with Gasteiger partial charge in [-0.05, 0) is 175 Å². The van der Waals surface area contributed by atoms with Gasteiger partial charge in [0, 0.05) is 69.3 Å². The number of hydrogen-bond acceptors (Lipinski definition) is 14. The molecule has 9 aromatic carbocycles. The summed E-state index contributed by atoms with van der Waals surface area (Å²) in [6.45, 7) is 9.19. The largest absolute Gasteiger partial charge is 0.457 e. The molecular weight excluding hydrogens is 1090 g/mol. The maximum absolute atomic E-state index is 15.5. The first kappa shape index (κ1) is 58.3. The van der Waals surface area contributed by atoms with Crippen LogP contribution in [0.1, 0.15) is 91.4 Å². The minimum absolute atomic E-state index is 0.0447. The van der Waals surface area contributed by atoms with Gasteiger partial charge >= 0.3 is 0 Å². The lowest BCUT2D eigenvalue weighted by Gasteiger charge is -2.33. The average Bonchev–Trinajstić information content (AvgIpc) is 0.708. The number of amides is 6. The van der Waals surface area contributed by atoms with Gasteiger partial charge < -0.3 is 51.7 Å². The van der Waals surface area contributed by atoms with Crippen molar-refractivity contribution in [2.45, 2.75) is 53.4 Å². The van der Waals surface area contributed by atoms with E-state index >= 15 is 19.2 Å². The Bertz CT molecular complexity index is 3630.